The quantitative estimate of drug-likeness (QED) is 0.630. The average Bonchev–Trinajstić information content (AvgIpc) is 2.84. The Hall–Kier alpha value is -1.77. The second-order valence-corrected chi connectivity index (χ2v) is 5.09. The molecule has 0 radical (unpaired) electrons. The van der Waals surface area contributed by atoms with Crippen molar-refractivity contribution < 1.29 is 4.79 Å². The van der Waals surface area contributed by atoms with Gasteiger partial charge in [-0.1, -0.05) is 12.1 Å². The van der Waals surface area contributed by atoms with Crippen LogP contribution in [-0.4, -0.2) is 5.91 Å². The molecular weight excluding hydrogens is 200 g/mol. The number of nitrogen functional groups attached to an aromatic ring is 1. The molecule has 1 spiro atoms. The highest BCUT2D eigenvalue weighted by atomic mass is 16.2. The van der Waals surface area contributed by atoms with E-state index in [0.717, 1.165) is 24.2 Å². The lowest BCUT2D eigenvalue weighted by atomic mass is 9.79. The molecule has 1 aliphatic heterocycles. The van der Waals surface area contributed by atoms with Crippen LogP contribution in [0.15, 0.2) is 30.0 Å². The van der Waals surface area contributed by atoms with Crippen molar-refractivity contribution >= 4 is 11.6 Å². The van der Waals surface area contributed by atoms with Crippen molar-refractivity contribution in [3.05, 3.63) is 41.1 Å². The van der Waals surface area contributed by atoms with E-state index in [0.29, 0.717) is 5.92 Å². The third-order valence-electron chi connectivity index (χ3n) is 4.12. The number of fused-ring (bicyclic) bond motifs is 3. The van der Waals surface area contributed by atoms with Gasteiger partial charge in [-0.2, -0.15) is 0 Å². The van der Waals surface area contributed by atoms with E-state index in [1.807, 2.05) is 12.1 Å². The molecule has 2 atom stereocenters. The molecule has 0 saturated carbocycles. The summed E-state index contributed by atoms with van der Waals surface area (Å²) in [5.41, 5.74) is 10.0. The molecule has 1 fully saturated rings. The van der Waals surface area contributed by atoms with Crippen molar-refractivity contribution in [3.8, 4) is 0 Å². The van der Waals surface area contributed by atoms with Crippen LogP contribution in [0, 0.1) is 11.3 Å². The predicted molar refractivity (Wildman–Crippen MR) is 60.4 cm³/mol. The van der Waals surface area contributed by atoms with E-state index < -0.39 is 0 Å². The van der Waals surface area contributed by atoms with E-state index in [2.05, 4.69) is 17.5 Å². The van der Waals surface area contributed by atoms with Gasteiger partial charge in [0.15, 0.2) is 0 Å². The number of benzene rings is 1. The van der Waals surface area contributed by atoms with Gasteiger partial charge in [0.2, 0.25) is 5.91 Å². The molecule has 3 N–H and O–H groups in total. The Morgan fingerprint density at radius 1 is 1.31 bits per heavy atom. The summed E-state index contributed by atoms with van der Waals surface area (Å²) < 4.78 is 0. The molecule has 2 aliphatic carbocycles. The summed E-state index contributed by atoms with van der Waals surface area (Å²) in [5, 5.41) is 2.96. The summed E-state index contributed by atoms with van der Waals surface area (Å²) in [6.07, 6.45) is 3.86. The fourth-order valence-electron chi connectivity index (χ4n) is 3.21. The third kappa shape index (κ3) is 0.825. The van der Waals surface area contributed by atoms with E-state index in [-0.39, 0.29) is 11.3 Å². The van der Waals surface area contributed by atoms with Gasteiger partial charge in [-0.25, -0.2) is 0 Å². The van der Waals surface area contributed by atoms with Crippen molar-refractivity contribution in [1.82, 2.24) is 5.32 Å². The van der Waals surface area contributed by atoms with E-state index in [9.17, 15) is 4.79 Å². The molecular formula is C13H12N2O. The summed E-state index contributed by atoms with van der Waals surface area (Å²) in [5.74, 6) is 0.568. The zero-order valence-corrected chi connectivity index (χ0v) is 8.79. The van der Waals surface area contributed by atoms with Crippen LogP contribution in [0.5, 0.6) is 0 Å². The van der Waals surface area contributed by atoms with Crippen LogP contribution in [0.4, 0.5) is 5.69 Å². The Bertz CT molecular complexity index is 561. The van der Waals surface area contributed by atoms with E-state index in [1.54, 1.807) is 0 Å². The van der Waals surface area contributed by atoms with E-state index >= 15 is 0 Å². The summed E-state index contributed by atoms with van der Waals surface area (Å²) in [7, 11) is 0. The van der Waals surface area contributed by atoms with Gasteiger partial charge >= 0.3 is 0 Å². The molecule has 2 unspecified atom stereocenters. The first-order chi connectivity index (χ1) is 7.69. The first kappa shape index (κ1) is 8.39. The first-order valence-electron chi connectivity index (χ1n) is 5.59. The Labute approximate surface area is 93.3 Å². The minimum absolute atomic E-state index is 0.199. The number of carbonyl (C=O) groups is 1. The number of nitrogens with two attached hydrogens (primary N) is 1. The molecule has 3 nitrogen and oxygen atoms in total. The normalized spacial score (nSPS) is 33.4. The molecule has 1 aromatic rings. The number of amides is 1. The largest absolute Gasteiger partial charge is 0.399 e. The molecule has 16 heavy (non-hydrogen) atoms. The highest BCUT2D eigenvalue weighted by molar-refractivity contribution is 5.93. The number of carbonyl (C=O) groups excluding carboxylic acids is 1. The molecule has 80 valence electrons. The van der Waals surface area contributed by atoms with Crippen LogP contribution >= 0.6 is 0 Å². The van der Waals surface area contributed by atoms with Crippen LogP contribution in [-0.2, 0) is 17.6 Å². The Balaban J connectivity index is 1.80. The fraction of sp³-hybridized carbons (Fsp3) is 0.308. The summed E-state index contributed by atoms with van der Waals surface area (Å²) in [4.78, 5) is 12.0. The zero-order valence-electron chi connectivity index (χ0n) is 8.79. The lowest BCUT2D eigenvalue weighted by molar-refractivity contribution is -0.128. The molecule has 1 heterocycles. The van der Waals surface area contributed by atoms with Gasteiger partial charge in [0, 0.05) is 17.3 Å². The van der Waals surface area contributed by atoms with Crippen molar-refractivity contribution in [3.63, 3.8) is 0 Å². The molecule has 0 aromatic heterocycles. The molecule has 3 aliphatic rings. The molecule has 4 rings (SSSR count). The standard InChI is InChI=1S/C13H12N2O/c14-9-2-1-7-5-13(6-8(7)3-9)10-4-11(10)15-12(13)16/h1-4,10H,5-6,14H2,(H,15,16). The van der Waals surface area contributed by atoms with Crippen molar-refractivity contribution in [2.75, 3.05) is 5.73 Å². The second-order valence-electron chi connectivity index (χ2n) is 5.09. The van der Waals surface area contributed by atoms with Gasteiger partial charge in [0.25, 0.3) is 0 Å². The maximum absolute atomic E-state index is 12.0. The van der Waals surface area contributed by atoms with Gasteiger partial charge in [0.05, 0.1) is 5.41 Å². The monoisotopic (exact) mass is 212 g/mol. The molecule has 1 amide bonds. The van der Waals surface area contributed by atoms with Gasteiger partial charge in [-0.05, 0) is 36.1 Å². The smallest absolute Gasteiger partial charge is 0.232 e. The maximum atomic E-state index is 12.0. The van der Waals surface area contributed by atoms with Crippen LogP contribution in [0.25, 0.3) is 0 Å². The Morgan fingerprint density at radius 3 is 2.88 bits per heavy atom. The molecule has 0 bridgehead atoms. The predicted octanol–water partition coefficient (Wildman–Crippen LogP) is 0.997. The highest BCUT2D eigenvalue weighted by Gasteiger charge is 2.59. The summed E-state index contributed by atoms with van der Waals surface area (Å²) >= 11 is 0. The van der Waals surface area contributed by atoms with Crippen molar-refractivity contribution in [2.24, 2.45) is 11.3 Å². The van der Waals surface area contributed by atoms with Crippen molar-refractivity contribution in [2.45, 2.75) is 12.8 Å². The number of hydrogen-bond acceptors (Lipinski definition) is 2. The highest BCUT2D eigenvalue weighted by Crippen LogP contribution is 2.55. The second kappa shape index (κ2) is 2.32. The first-order valence-corrected chi connectivity index (χ1v) is 5.59. The molecule has 1 saturated heterocycles. The average molecular weight is 212 g/mol. The van der Waals surface area contributed by atoms with Crippen LogP contribution in [0.1, 0.15) is 11.1 Å². The zero-order chi connectivity index (χ0) is 10.9. The lowest BCUT2D eigenvalue weighted by Gasteiger charge is -2.21. The van der Waals surface area contributed by atoms with Gasteiger partial charge < -0.3 is 11.1 Å². The van der Waals surface area contributed by atoms with Crippen LogP contribution < -0.4 is 11.1 Å². The summed E-state index contributed by atoms with van der Waals surface area (Å²) in [6.45, 7) is 0. The SMILES string of the molecule is Nc1ccc2c(c1)CC1(C2)C(=O)NC2=CC21. The number of hydrogen-bond donors (Lipinski definition) is 2. The minimum atomic E-state index is -0.217. The summed E-state index contributed by atoms with van der Waals surface area (Å²) in [6, 6.07) is 6.00. The number of anilines is 1. The van der Waals surface area contributed by atoms with Crippen molar-refractivity contribution in [1.29, 1.82) is 0 Å². The van der Waals surface area contributed by atoms with Gasteiger partial charge in [0.1, 0.15) is 0 Å². The number of rotatable bonds is 0. The van der Waals surface area contributed by atoms with Gasteiger partial charge in [-0.3, -0.25) is 4.79 Å². The lowest BCUT2D eigenvalue weighted by Crippen LogP contribution is -2.35. The number of nitrogens with one attached hydrogen (secondary N) is 1. The van der Waals surface area contributed by atoms with Gasteiger partial charge in [-0.15, -0.1) is 0 Å². The number of allylic oxidation sites excluding steroid dienone is 2. The Kier molecular flexibility index (Phi) is 1.21. The van der Waals surface area contributed by atoms with E-state index in [4.69, 9.17) is 5.73 Å². The fourth-order valence-corrected chi connectivity index (χ4v) is 3.21. The Morgan fingerprint density at radius 2 is 2.12 bits per heavy atom. The van der Waals surface area contributed by atoms with Crippen LogP contribution in [0.3, 0.4) is 0 Å². The third-order valence-corrected chi connectivity index (χ3v) is 4.12. The topological polar surface area (TPSA) is 55.1 Å². The minimum Gasteiger partial charge on any atom is -0.399 e. The molecule has 1 aromatic carbocycles. The molecule has 3 heteroatoms. The van der Waals surface area contributed by atoms with Crippen LogP contribution in [0.2, 0.25) is 0 Å². The maximum Gasteiger partial charge on any atom is 0.232 e. The van der Waals surface area contributed by atoms with E-state index in [1.165, 1.54) is 11.1 Å².